The SMILES string of the molecule is COc1cccc2c1OC[C@@H](C(=O)N1CCC[C@@H](n3ccnc3)C1)C2. The van der Waals surface area contributed by atoms with E-state index in [9.17, 15) is 4.79 Å². The maximum absolute atomic E-state index is 13.0. The molecule has 1 aromatic carbocycles. The Labute approximate surface area is 147 Å². The lowest BCUT2D eigenvalue weighted by molar-refractivity contribution is -0.138. The summed E-state index contributed by atoms with van der Waals surface area (Å²) < 4.78 is 13.3. The van der Waals surface area contributed by atoms with Crippen molar-refractivity contribution in [2.24, 2.45) is 5.92 Å². The van der Waals surface area contributed by atoms with Crippen LogP contribution in [0.2, 0.25) is 0 Å². The van der Waals surface area contributed by atoms with E-state index in [-0.39, 0.29) is 11.8 Å². The lowest BCUT2D eigenvalue weighted by Crippen LogP contribution is -2.46. The Morgan fingerprint density at radius 2 is 2.32 bits per heavy atom. The maximum Gasteiger partial charge on any atom is 0.229 e. The predicted molar refractivity (Wildman–Crippen MR) is 92.8 cm³/mol. The number of likely N-dealkylation sites (tertiary alicyclic amines) is 1. The fourth-order valence-corrected chi connectivity index (χ4v) is 3.86. The Hall–Kier alpha value is -2.50. The Balaban J connectivity index is 1.46. The van der Waals surface area contributed by atoms with Crippen LogP contribution in [-0.2, 0) is 11.2 Å². The first-order chi connectivity index (χ1) is 12.3. The number of methoxy groups -OCH3 is 1. The molecule has 4 rings (SSSR count). The Morgan fingerprint density at radius 3 is 3.12 bits per heavy atom. The van der Waals surface area contributed by atoms with Gasteiger partial charge in [0, 0.05) is 25.5 Å². The number of imidazole rings is 1. The van der Waals surface area contributed by atoms with Crippen molar-refractivity contribution in [2.45, 2.75) is 25.3 Å². The van der Waals surface area contributed by atoms with Gasteiger partial charge < -0.3 is 18.9 Å². The van der Waals surface area contributed by atoms with Gasteiger partial charge in [-0.05, 0) is 30.9 Å². The number of hydrogen-bond donors (Lipinski definition) is 0. The normalized spacial score (nSPS) is 22.8. The van der Waals surface area contributed by atoms with Gasteiger partial charge in [0.1, 0.15) is 6.61 Å². The number of rotatable bonds is 3. The minimum Gasteiger partial charge on any atom is -0.493 e. The average Bonchev–Trinajstić information content (AvgIpc) is 3.21. The highest BCUT2D eigenvalue weighted by Gasteiger charge is 2.33. The number of ether oxygens (including phenoxy) is 2. The molecule has 0 saturated carbocycles. The Bertz CT molecular complexity index is 744. The smallest absolute Gasteiger partial charge is 0.229 e. The molecular weight excluding hydrogens is 318 g/mol. The van der Waals surface area contributed by atoms with E-state index in [4.69, 9.17) is 9.47 Å². The van der Waals surface area contributed by atoms with Crippen LogP contribution in [-0.4, -0.2) is 47.2 Å². The molecule has 25 heavy (non-hydrogen) atoms. The maximum atomic E-state index is 13.0. The van der Waals surface area contributed by atoms with Gasteiger partial charge in [-0.3, -0.25) is 4.79 Å². The van der Waals surface area contributed by atoms with Crippen molar-refractivity contribution in [3.8, 4) is 11.5 Å². The van der Waals surface area contributed by atoms with Gasteiger partial charge in [0.05, 0.1) is 25.4 Å². The van der Waals surface area contributed by atoms with Crippen molar-refractivity contribution in [1.29, 1.82) is 0 Å². The Kier molecular flexibility index (Phi) is 4.34. The number of carbonyl (C=O) groups excluding carboxylic acids is 1. The van der Waals surface area contributed by atoms with Crippen LogP contribution >= 0.6 is 0 Å². The second-order valence-corrected chi connectivity index (χ2v) is 6.75. The fourth-order valence-electron chi connectivity index (χ4n) is 3.86. The summed E-state index contributed by atoms with van der Waals surface area (Å²) in [5.41, 5.74) is 1.05. The molecule has 2 aromatic rings. The molecule has 2 atom stereocenters. The van der Waals surface area contributed by atoms with Gasteiger partial charge >= 0.3 is 0 Å². The highest BCUT2D eigenvalue weighted by atomic mass is 16.5. The minimum atomic E-state index is -0.124. The largest absolute Gasteiger partial charge is 0.493 e. The van der Waals surface area contributed by atoms with Crippen molar-refractivity contribution < 1.29 is 14.3 Å². The van der Waals surface area contributed by atoms with E-state index in [0.717, 1.165) is 43.0 Å². The van der Waals surface area contributed by atoms with Crippen LogP contribution in [0, 0.1) is 5.92 Å². The van der Waals surface area contributed by atoms with Crippen LogP contribution in [0.4, 0.5) is 0 Å². The molecule has 0 N–H and O–H groups in total. The predicted octanol–water partition coefficient (Wildman–Crippen LogP) is 2.31. The van der Waals surface area contributed by atoms with Gasteiger partial charge in [0.25, 0.3) is 0 Å². The lowest BCUT2D eigenvalue weighted by atomic mass is 9.94. The van der Waals surface area contributed by atoms with Crippen LogP contribution in [0.15, 0.2) is 36.9 Å². The molecule has 3 heterocycles. The second-order valence-electron chi connectivity index (χ2n) is 6.75. The van der Waals surface area contributed by atoms with Crippen molar-refractivity contribution >= 4 is 5.91 Å². The molecule has 0 spiro atoms. The molecular formula is C19H23N3O3. The molecule has 1 aromatic heterocycles. The van der Waals surface area contributed by atoms with Crippen molar-refractivity contribution in [2.75, 3.05) is 26.8 Å². The molecule has 2 aliphatic heterocycles. The number of benzene rings is 1. The first kappa shape index (κ1) is 16.0. The van der Waals surface area contributed by atoms with Gasteiger partial charge in [-0.15, -0.1) is 0 Å². The summed E-state index contributed by atoms with van der Waals surface area (Å²) in [7, 11) is 1.64. The number of aromatic nitrogens is 2. The quantitative estimate of drug-likeness (QED) is 0.860. The lowest BCUT2D eigenvalue weighted by Gasteiger charge is -2.36. The zero-order chi connectivity index (χ0) is 17.2. The molecule has 2 aliphatic rings. The van der Waals surface area contributed by atoms with E-state index in [0.29, 0.717) is 19.1 Å². The van der Waals surface area contributed by atoms with Crippen LogP contribution < -0.4 is 9.47 Å². The number of hydrogen-bond acceptors (Lipinski definition) is 4. The molecule has 132 valence electrons. The molecule has 1 fully saturated rings. The van der Waals surface area contributed by atoms with E-state index in [1.807, 2.05) is 35.6 Å². The van der Waals surface area contributed by atoms with Crippen molar-refractivity contribution in [3.05, 3.63) is 42.5 Å². The third-order valence-corrected chi connectivity index (χ3v) is 5.18. The summed E-state index contributed by atoms with van der Waals surface area (Å²) in [6.07, 6.45) is 8.42. The van der Waals surface area contributed by atoms with E-state index >= 15 is 0 Å². The summed E-state index contributed by atoms with van der Waals surface area (Å²) in [6.45, 7) is 1.99. The summed E-state index contributed by atoms with van der Waals surface area (Å²) >= 11 is 0. The van der Waals surface area contributed by atoms with E-state index in [1.165, 1.54) is 0 Å². The molecule has 6 nitrogen and oxygen atoms in total. The number of piperidine rings is 1. The summed E-state index contributed by atoms with van der Waals surface area (Å²) in [6, 6.07) is 6.17. The molecule has 1 amide bonds. The first-order valence-electron chi connectivity index (χ1n) is 8.81. The van der Waals surface area contributed by atoms with Crippen LogP contribution in [0.25, 0.3) is 0 Å². The number of carbonyl (C=O) groups is 1. The third kappa shape index (κ3) is 3.08. The van der Waals surface area contributed by atoms with Gasteiger partial charge in [-0.25, -0.2) is 4.98 Å². The van der Waals surface area contributed by atoms with Crippen LogP contribution in [0.1, 0.15) is 24.4 Å². The van der Waals surface area contributed by atoms with Gasteiger partial charge in [0.2, 0.25) is 5.91 Å². The first-order valence-corrected chi connectivity index (χ1v) is 8.81. The number of para-hydroxylation sites is 1. The third-order valence-electron chi connectivity index (χ3n) is 5.18. The zero-order valence-electron chi connectivity index (χ0n) is 14.4. The summed E-state index contributed by atoms with van der Waals surface area (Å²) in [4.78, 5) is 19.1. The van der Waals surface area contributed by atoms with E-state index < -0.39 is 0 Å². The van der Waals surface area contributed by atoms with Crippen molar-refractivity contribution in [1.82, 2.24) is 14.5 Å². The average molecular weight is 341 g/mol. The highest BCUT2D eigenvalue weighted by Crippen LogP contribution is 2.36. The molecule has 6 heteroatoms. The number of fused-ring (bicyclic) bond motifs is 1. The fraction of sp³-hybridized carbons (Fsp3) is 0.474. The summed E-state index contributed by atoms with van der Waals surface area (Å²) in [5, 5.41) is 0. The summed E-state index contributed by atoms with van der Waals surface area (Å²) in [5.74, 6) is 1.59. The van der Waals surface area contributed by atoms with Crippen molar-refractivity contribution in [3.63, 3.8) is 0 Å². The van der Waals surface area contributed by atoms with E-state index in [2.05, 4.69) is 9.55 Å². The van der Waals surface area contributed by atoms with Gasteiger partial charge in [-0.1, -0.05) is 12.1 Å². The zero-order valence-corrected chi connectivity index (χ0v) is 14.4. The van der Waals surface area contributed by atoms with Crippen LogP contribution in [0.5, 0.6) is 11.5 Å². The van der Waals surface area contributed by atoms with E-state index in [1.54, 1.807) is 13.3 Å². The monoisotopic (exact) mass is 341 g/mol. The Morgan fingerprint density at radius 1 is 1.40 bits per heavy atom. The topological polar surface area (TPSA) is 56.6 Å². The molecule has 0 bridgehead atoms. The molecule has 0 unspecified atom stereocenters. The molecule has 0 aliphatic carbocycles. The molecule has 1 saturated heterocycles. The minimum absolute atomic E-state index is 0.124. The second kappa shape index (κ2) is 6.78. The van der Waals surface area contributed by atoms with Gasteiger partial charge in [-0.2, -0.15) is 0 Å². The number of nitrogens with zero attached hydrogens (tertiary/aromatic N) is 3. The standard InChI is InChI=1S/C19H23N3O3/c1-24-17-6-2-4-14-10-15(12-25-18(14)17)19(23)21-8-3-5-16(11-21)22-9-7-20-13-22/h2,4,6-7,9,13,15-16H,3,5,8,10-12H2,1H3/t15-,16+/m0/s1. The van der Waals surface area contributed by atoms with Gasteiger partial charge in [0.15, 0.2) is 11.5 Å². The highest BCUT2D eigenvalue weighted by molar-refractivity contribution is 5.80. The molecule has 0 radical (unpaired) electrons. The van der Waals surface area contributed by atoms with Crippen LogP contribution in [0.3, 0.4) is 0 Å². The number of amides is 1.